The van der Waals surface area contributed by atoms with E-state index in [2.05, 4.69) is 58.3 Å². The van der Waals surface area contributed by atoms with Crippen LogP contribution in [-0.4, -0.2) is 15.0 Å². The van der Waals surface area contributed by atoms with Gasteiger partial charge in [0.1, 0.15) is 5.15 Å². The molecule has 0 saturated heterocycles. The second kappa shape index (κ2) is 6.43. The summed E-state index contributed by atoms with van der Waals surface area (Å²) in [4.78, 5) is 13.3. The SMILES string of the molecule is CC1CC1c1cccc(-c2ccc3nc(-c4cccnc4)nc(Cl)c3c2)c1. The molecule has 0 radical (unpaired) electrons. The molecule has 1 aliphatic rings. The number of nitrogens with zero attached hydrogens (tertiary/aromatic N) is 3. The average molecular weight is 372 g/mol. The fraction of sp³-hybridized carbons (Fsp3) is 0.174. The van der Waals surface area contributed by atoms with Crippen molar-refractivity contribution >= 4 is 22.5 Å². The van der Waals surface area contributed by atoms with Crippen molar-refractivity contribution in [3.8, 4) is 22.5 Å². The summed E-state index contributed by atoms with van der Waals surface area (Å²) in [6.45, 7) is 2.31. The summed E-state index contributed by atoms with van der Waals surface area (Å²) in [7, 11) is 0. The van der Waals surface area contributed by atoms with E-state index in [1.54, 1.807) is 12.4 Å². The van der Waals surface area contributed by atoms with Gasteiger partial charge < -0.3 is 0 Å². The molecule has 5 rings (SSSR count). The lowest BCUT2D eigenvalue weighted by Crippen LogP contribution is -1.93. The molecular weight excluding hydrogens is 354 g/mol. The summed E-state index contributed by atoms with van der Waals surface area (Å²) in [5.41, 5.74) is 5.47. The van der Waals surface area contributed by atoms with Crippen molar-refractivity contribution in [3.05, 3.63) is 77.7 Å². The summed E-state index contributed by atoms with van der Waals surface area (Å²) >= 11 is 6.51. The molecule has 0 aliphatic heterocycles. The Labute approximate surface area is 163 Å². The Bertz CT molecular complexity index is 1140. The quantitative estimate of drug-likeness (QED) is 0.406. The third-order valence-corrected chi connectivity index (χ3v) is 5.61. The van der Waals surface area contributed by atoms with Crippen LogP contribution in [0.2, 0.25) is 5.15 Å². The lowest BCUT2D eigenvalue weighted by Gasteiger charge is -2.08. The lowest BCUT2D eigenvalue weighted by molar-refractivity contribution is 0.915. The Kier molecular flexibility index (Phi) is 3.91. The molecule has 1 saturated carbocycles. The van der Waals surface area contributed by atoms with E-state index >= 15 is 0 Å². The van der Waals surface area contributed by atoms with Crippen LogP contribution < -0.4 is 0 Å². The van der Waals surface area contributed by atoms with E-state index < -0.39 is 0 Å². The van der Waals surface area contributed by atoms with E-state index in [1.165, 1.54) is 17.5 Å². The van der Waals surface area contributed by atoms with Gasteiger partial charge in [-0.1, -0.05) is 48.9 Å². The van der Waals surface area contributed by atoms with Gasteiger partial charge in [0.15, 0.2) is 5.82 Å². The number of pyridine rings is 1. The number of hydrogen-bond acceptors (Lipinski definition) is 3. The first-order chi connectivity index (χ1) is 13.2. The largest absolute Gasteiger partial charge is 0.264 e. The maximum atomic E-state index is 6.51. The maximum absolute atomic E-state index is 6.51. The minimum atomic E-state index is 0.465. The Morgan fingerprint density at radius 1 is 0.926 bits per heavy atom. The standard InChI is InChI=1S/C23H18ClN3/c1-14-10-19(14)17-5-2-4-15(11-17)16-7-8-21-20(12-16)22(24)27-23(26-21)18-6-3-9-25-13-18/h2-9,11-14,19H,10H2,1H3. The van der Waals surface area contributed by atoms with Gasteiger partial charge in [-0.05, 0) is 59.2 Å². The summed E-state index contributed by atoms with van der Waals surface area (Å²) in [6.07, 6.45) is 4.77. The molecule has 27 heavy (non-hydrogen) atoms. The van der Waals surface area contributed by atoms with Gasteiger partial charge in [-0.2, -0.15) is 0 Å². The van der Waals surface area contributed by atoms with E-state index in [0.717, 1.165) is 27.9 Å². The van der Waals surface area contributed by atoms with Crippen molar-refractivity contribution in [2.45, 2.75) is 19.3 Å². The molecule has 2 aromatic carbocycles. The van der Waals surface area contributed by atoms with Crippen molar-refractivity contribution in [2.24, 2.45) is 5.92 Å². The maximum Gasteiger partial charge on any atom is 0.163 e. The lowest BCUT2D eigenvalue weighted by atomic mass is 9.99. The Balaban J connectivity index is 1.57. The van der Waals surface area contributed by atoms with Crippen LogP contribution in [0, 0.1) is 5.92 Å². The van der Waals surface area contributed by atoms with Gasteiger partial charge in [0.05, 0.1) is 5.52 Å². The van der Waals surface area contributed by atoms with Crippen LogP contribution in [-0.2, 0) is 0 Å². The van der Waals surface area contributed by atoms with Gasteiger partial charge in [-0.25, -0.2) is 9.97 Å². The molecule has 0 N–H and O–H groups in total. The highest BCUT2D eigenvalue weighted by atomic mass is 35.5. The van der Waals surface area contributed by atoms with Crippen molar-refractivity contribution in [1.29, 1.82) is 0 Å². The third kappa shape index (κ3) is 3.08. The van der Waals surface area contributed by atoms with Gasteiger partial charge in [-0.3, -0.25) is 4.98 Å². The Hall–Kier alpha value is -2.78. The molecule has 0 amide bonds. The van der Waals surface area contributed by atoms with Crippen LogP contribution in [0.4, 0.5) is 0 Å². The average Bonchev–Trinajstić information content (AvgIpc) is 3.45. The van der Waals surface area contributed by atoms with E-state index in [1.807, 2.05) is 18.2 Å². The molecule has 4 heteroatoms. The summed E-state index contributed by atoms with van der Waals surface area (Å²) in [5.74, 6) is 2.10. The van der Waals surface area contributed by atoms with Gasteiger partial charge in [0, 0.05) is 23.3 Å². The van der Waals surface area contributed by atoms with Crippen LogP contribution >= 0.6 is 11.6 Å². The molecule has 4 aromatic rings. The molecule has 1 aliphatic carbocycles. The van der Waals surface area contributed by atoms with Gasteiger partial charge in [0.2, 0.25) is 0 Å². The number of hydrogen-bond donors (Lipinski definition) is 0. The van der Waals surface area contributed by atoms with E-state index in [0.29, 0.717) is 16.9 Å². The normalized spacial score (nSPS) is 18.6. The molecule has 2 unspecified atom stereocenters. The molecule has 2 atom stereocenters. The van der Waals surface area contributed by atoms with Crippen molar-refractivity contribution < 1.29 is 0 Å². The topological polar surface area (TPSA) is 38.7 Å². The second-order valence-electron chi connectivity index (χ2n) is 7.26. The molecule has 0 spiro atoms. The van der Waals surface area contributed by atoms with Crippen molar-refractivity contribution in [3.63, 3.8) is 0 Å². The molecule has 0 bridgehead atoms. The molecule has 2 heterocycles. The minimum Gasteiger partial charge on any atom is -0.264 e. The van der Waals surface area contributed by atoms with E-state index in [9.17, 15) is 0 Å². The van der Waals surface area contributed by atoms with Gasteiger partial charge in [-0.15, -0.1) is 0 Å². The molecule has 3 nitrogen and oxygen atoms in total. The van der Waals surface area contributed by atoms with Crippen LogP contribution in [0.25, 0.3) is 33.4 Å². The smallest absolute Gasteiger partial charge is 0.163 e. The third-order valence-electron chi connectivity index (χ3n) is 5.33. The van der Waals surface area contributed by atoms with Gasteiger partial charge >= 0.3 is 0 Å². The molecule has 1 fully saturated rings. The summed E-state index contributed by atoms with van der Waals surface area (Å²) in [5, 5.41) is 1.33. The number of fused-ring (bicyclic) bond motifs is 1. The fourth-order valence-corrected chi connectivity index (χ4v) is 3.86. The minimum absolute atomic E-state index is 0.465. The predicted molar refractivity (Wildman–Crippen MR) is 110 cm³/mol. The zero-order valence-electron chi connectivity index (χ0n) is 14.9. The monoisotopic (exact) mass is 371 g/mol. The van der Waals surface area contributed by atoms with Gasteiger partial charge in [0.25, 0.3) is 0 Å². The first kappa shape index (κ1) is 16.4. The van der Waals surface area contributed by atoms with Crippen LogP contribution in [0.15, 0.2) is 67.0 Å². The number of benzene rings is 2. The summed E-state index contributed by atoms with van der Waals surface area (Å²) in [6, 6.07) is 18.8. The van der Waals surface area contributed by atoms with Crippen LogP contribution in [0.1, 0.15) is 24.8 Å². The highest BCUT2D eigenvalue weighted by molar-refractivity contribution is 6.34. The number of halogens is 1. The zero-order valence-corrected chi connectivity index (χ0v) is 15.7. The number of rotatable bonds is 3. The molecular formula is C23H18ClN3. The molecule has 132 valence electrons. The van der Waals surface area contributed by atoms with Crippen LogP contribution in [0.3, 0.4) is 0 Å². The summed E-state index contributed by atoms with van der Waals surface area (Å²) < 4.78 is 0. The predicted octanol–water partition coefficient (Wildman–Crippen LogP) is 6.14. The van der Waals surface area contributed by atoms with Crippen molar-refractivity contribution in [2.75, 3.05) is 0 Å². The Morgan fingerprint density at radius 2 is 1.74 bits per heavy atom. The highest BCUT2D eigenvalue weighted by Crippen LogP contribution is 2.47. The van der Waals surface area contributed by atoms with Crippen molar-refractivity contribution in [1.82, 2.24) is 15.0 Å². The zero-order chi connectivity index (χ0) is 18.4. The fourth-order valence-electron chi connectivity index (χ4n) is 3.63. The first-order valence-electron chi connectivity index (χ1n) is 9.17. The molecule has 2 aromatic heterocycles. The number of aromatic nitrogens is 3. The Morgan fingerprint density at radius 3 is 2.52 bits per heavy atom. The highest BCUT2D eigenvalue weighted by Gasteiger charge is 2.33. The van der Waals surface area contributed by atoms with E-state index in [-0.39, 0.29) is 0 Å². The van der Waals surface area contributed by atoms with E-state index in [4.69, 9.17) is 11.6 Å². The second-order valence-corrected chi connectivity index (χ2v) is 7.61. The first-order valence-corrected chi connectivity index (χ1v) is 9.55. The van der Waals surface area contributed by atoms with Crippen LogP contribution in [0.5, 0.6) is 0 Å².